The Bertz CT molecular complexity index is 508. The predicted molar refractivity (Wildman–Crippen MR) is 67.7 cm³/mol. The maximum absolute atomic E-state index is 13.5. The molecule has 17 heavy (non-hydrogen) atoms. The largest absolute Gasteiger partial charge is 0.377 e. The van der Waals surface area contributed by atoms with Gasteiger partial charge in [0.15, 0.2) is 0 Å². The summed E-state index contributed by atoms with van der Waals surface area (Å²) in [7, 11) is 0. The maximum atomic E-state index is 13.5. The Morgan fingerprint density at radius 2 is 2.18 bits per heavy atom. The van der Waals surface area contributed by atoms with E-state index >= 15 is 0 Å². The first kappa shape index (κ1) is 11.9. The van der Waals surface area contributed by atoms with Crippen LogP contribution < -0.4 is 5.32 Å². The normalized spacial score (nSPS) is 10.3. The van der Waals surface area contributed by atoms with Gasteiger partial charge in [0.1, 0.15) is 5.82 Å². The number of pyridine rings is 1. The van der Waals surface area contributed by atoms with Gasteiger partial charge in [0.25, 0.3) is 0 Å². The molecule has 0 atom stereocenters. The molecule has 2 aromatic rings. The third-order valence-corrected chi connectivity index (χ3v) is 2.88. The van der Waals surface area contributed by atoms with Gasteiger partial charge < -0.3 is 5.32 Å². The number of rotatable bonds is 3. The number of aromatic nitrogens is 1. The first-order valence-corrected chi connectivity index (χ1v) is 5.63. The first-order valence-electron chi connectivity index (χ1n) is 5.26. The summed E-state index contributed by atoms with van der Waals surface area (Å²) in [5.41, 5.74) is 2.46. The van der Waals surface area contributed by atoms with E-state index in [0.717, 1.165) is 11.1 Å². The predicted octanol–water partition coefficient (Wildman–Crippen LogP) is 3.79. The van der Waals surface area contributed by atoms with Gasteiger partial charge in [-0.15, -0.1) is 0 Å². The molecular weight excluding hydrogens is 239 g/mol. The van der Waals surface area contributed by atoms with Crippen molar-refractivity contribution in [3.63, 3.8) is 0 Å². The lowest BCUT2D eigenvalue weighted by atomic mass is 10.1. The molecule has 88 valence electrons. The zero-order valence-electron chi connectivity index (χ0n) is 9.37. The van der Waals surface area contributed by atoms with Gasteiger partial charge in [0.05, 0.1) is 10.7 Å². The van der Waals surface area contributed by atoms with Crippen LogP contribution in [0.25, 0.3) is 0 Å². The standard InChI is InChI=1S/C13H12ClFN2/c1-9-5-6-16-7-10(9)8-17-13-11(14)3-2-4-12(13)15/h2-7,17H,8H2,1H3. The van der Waals surface area contributed by atoms with Crippen molar-refractivity contribution in [1.29, 1.82) is 0 Å². The van der Waals surface area contributed by atoms with Crippen LogP contribution in [0.2, 0.25) is 5.02 Å². The zero-order chi connectivity index (χ0) is 12.3. The molecule has 0 unspecified atom stereocenters. The van der Waals surface area contributed by atoms with Crippen molar-refractivity contribution in [2.24, 2.45) is 0 Å². The molecule has 0 amide bonds. The summed E-state index contributed by atoms with van der Waals surface area (Å²) in [6.45, 7) is 2.49. The Morgan fingerprint density at radius 3 is 2.88 bits per heavy atom. The molecule has 1 aromatic carbocycles. The molecular formula is C13H12ClFN2. The topological polar surface area (TPSA) is 24.9 Å². The van der Waals surface area contributed by atoms with Crippen LogP contribution in [0, 0.1) is 12.7 Å². The molecule has 0 radical (unpaired) electrons. The molecule has 0 aliphatic rings. The van der Waals surface area contributed by atoms with E-state index in [1.165, 1.54) is 6.07 Å². The number of hydrogen-bond donors (Lipinski definition) is 1. The first-order chi connectivity index (χ1) is 8.18. The summed E-state index contributed by atoms with van der Waals surface area (Å²) in [6, 6.07) is 6.53. The molecule has 0 aliphatic carbocycles. The smallest absolute Gasteiger partial charge is 0.147 e. The highest BCUT2D eigenvalue weighted by molar-refractivity contribution is 6.33. The molecule has 2 nitrogen and oxygen atoms in total. The van der Waals surface area contributed by atoms with Crippen molar-refractivity contribution in [1.82, 2.24) is 4.98 Å². The number of benzene rings is 1. The van der Waals surface area contributed by atoms with Crippen molar-refractivity contribution in [2.45, 2.75) is 13.5 Å². The van der Waals surface area contributed by atoms with Crippen molar-refractivity contribution in [2.75, 3.05) is 5.32 Å². The summed E-state index contributed by atoms with van der Waals surface area (Å²) in [4.78, 5) is 4.04. The Hall–Kier alpha value is -1.61. The lowest BCUT2D eigenvalue weighted by Gasteiger charge is -2.10. The van der Waals surface area contributed by atoms with Crippen molar-refractivity contribution >= 4 is 17.3 Å². The van der Waals surface area contributed by atoms with E-state index < -0.39 is 0 Å². The molecule has 0 spiro atoms. The Morgan fingerprint density at radius 1 is 1.35 bits per heavy atom. The highest BCUT2D eigenvalue weighted by atomic mass is 35.5. The minimum Gasteiger partial charge on any atom is -0.377 e. The highest BCUT2D eigenvalue weighted by Gasteiger charge is 2.06. The van der Waals surface area contributed by atoms with E-state index in [-0.39, 0.29) is 5.82 Å². The van der Waals surface area contributed by atoms with E-state index in [4.69, 9.17) is 11.6 Å². The number of nitrogens with zero attached hydrogens (tertiary/aromatic N) is 1. The third kappa shape index (κ3) is 2.74. The summed E-state index contributed by atoms with van der Waals surface area (Å²) < 4.78 is 13.5. The molecule has 0 aliphatic heterocycles. The molecule has 2 rings (SSSR count). The monoisotopic (exact) mass is 250 g/mol. The van der Waals surface area contributed by atoms with Crippen LogP contribution >= 0.6 is 11.6 Å². The van der Waals surface area contributed by atoms with Crippen molar-refractivity contribution in [3.05, 3.63) is 58.6 Å². The number of anilines is 1. The number of aryl methyl sites for hydroxylation is 1. The van der Waals surface area contributed by atoms with Crippen LogP contribution in [-0.4, -0.2) is 4.98 Å². The van der Waals surface area contributed by atoms with E-state index in [1.54, 1.807) is 24.5 Å². The summed E-state index contributed by atoms with van der Waals surface area (Å²) in [5.74, 6) is -0.348. The van der Waals surface area contributed by atoms with Gasteiger partial charge >= 0.3 is 0 Å². The SMILES string of the molecule is Cc1ccncc1CNc1c(F)cccc1Cl. The van der Waals surface area contributed by atoms with Crippen LogP contribution in [0.5, 0.6) is 0 Å². The van der Waals surface area contributed by atoms with E-state index in [1.807, 2.05) is 13.0 Å². The molecule has 1 N–H and O–H groups in total. The fourth-order valence-electron chi connectivity index (χ4n) is 1.53. The molecule has 4 heteroatoms. The van der Waals surface area contributed by atoms with Crippen LogP contribution in [0.15, 0.2) is 36.7 Å². The minimum atomic E-state index is -0.348. The van der Waals surface area contributed by atoms with Gasteiger partial charge in [-0.25, -0.2) is 4.39 Å². The average Bonchev–Trinajstić information content (AvgIpc) is 2.30. The number of nitrogens with one attached hydrogen (secondary N) is 1. The molecule has 1 heterocycles. The third-order valence-electron chi connectivity index (χ3n) is 2.57. The molecule has 0 bridgehead atoms. The second-order valence-corrected chi connectivity index (χ2v) is 4.16. The van der Waals surface area contributed by atoms with Crippen LogP contribution in [0.3, 0.4) is 0 Å². The maximum Gasteiger partial charge on any atom is 0.147 e. The summed E-state index contributed by atoms with van der Waals surface area (Å²) >= 11 is 5.92. The number of halogens is 2. The van der Waals surface area contributed by atoms with Gasteiger partial charge in [-0.1, -0.05) is 17.7 Å². The molecule has 0 fully saturated rings. The van der Waals surface area contributed by atoms with Gasteiger partial charge in [-0.2, -0.15) is 0 Å². The molecule has 0 saturated carbocycles. The van der Waals surface area contributed by atoms with Gasteiger partial charge in [0.2, 0.25) is 0 Å². The van der Waals surface area contributed by atoms with Crippen molar-refractivity contribution < 1.29 is 4.39 Å². The second kappa shape index (κ2) is 5.15. The van der Waals surface area contributed by atoms with E-state index in [0.29, 0.717) is 17.3 Å². The average molecular weight is 251 g/mol. The second-order valence-electron chi connectivity index (χ2n) is 3.75. The fraction of sp³-hybridized carbons (Fsp3) is 0.154. The Kier molecular flexibility index (Phi) is 3.59. The minimum absolute atomic E-state index is 0.331. The zero-order valence-corrected chi connectivity index (χ0v) is 10.1. The van der Waals surface area contributed by atoms with Crippen molar-refractivity contribution in [3.8, 4) is 0 Å². The number of hydrogen-bond acceptors (Lipinski definition) is 2. The molecule has 0 saturated heterocycles. The Labute approximate surface area is 104 Å². The Balaban J connectivity index is 2.16. The lowest BCUT2D eigenvalue weighted by Crippen LogP contribution is -2.04. The van der Waals surface area contributed by atoms with E-state index in [2.05, 4.69) is 10.3 Å². The number of para-hydroxylation sites is 1. The fourth-order valence-corrected chi connectivity index (χ4v) is 1.76. The quantitative estimate of drug-likeness (QED) is 0.896. The van der Waals surface area contributed by atoms with E-state index in [9.17, 15) is 4.39 Å². The van der Waals surface area contributed by atoms with Crippen LogP contribution in [0.1, 0.15) is 11.1 Å². The lowest BCUT2D eigenvalue weighted by molar-refractivity contribution is 0.630. The van der Waals surface area contributed by atoms with Gasteiger partial charge in [-0.05, 0) is 36.2 Å². The van der Waals surface area contributed by atoms with Crippen LogP contribution in [0.4, 0.5) is 10.1 Å². The summed E-state index contributed by atoms with van der Waals surface area (Å²) in [5, 5.41) is 3.37. The highest BCUT2D eigenvalue weighted by Crippen LogP contribution is 2.25. The van der Waals surface area contributed by atoms with Gasteiger partial charge in [-0.3, -0.25) is 4.98 Å². The van der Waals surface area contributed by atoms with Gasteiger partial charge in [0, 0.05) is 18.9 Å². The van der Waals surface area contributed by atoms with Crippen LogP contribution in [-0.2, 0) is 6.54 Å². The molecule has 1 aromatic heterocycles. The summed E-state index contributed by atoms with van der Waals surface area (Å²) in [6.07, 6.45) is 3.49.